The Morgan fingerprint density at radius 3 is 2.85 bits per heavy atom. The lowest BCUT2D eigenvalue weighted by Crippen LogP contribution is -2.15. The van der Waals surface area contributed by atoms with Gasteiger partial charge in [-0.05, 0) is 32.5 Å². The highest BCUT2D eigenvalue weighted by molar-refractivity contribution is 5.19. The van der Waals surface area contributed by atoms with E-state index in [4.69, 9.17) is 4.42 Å². The summed E-state index contributed by atoms with van der Waals surface area (Å²) in [4.78, 5) is 0. The van der Waals surface area contributed by atoms with Crippen molar-refractivity contribution in [3.05, 3.63) is 23.7 Å². The predicted molar refractivity (Wildman–Crippen MR) is 53.3 cm³/mol. The first kappa shape index (κ1) is 9.88. The van der Waals surface area contributed by atoms with Crippen molar-refractivity contribution in [3.8, 4) is 11.8 Å². The van der Waals surface area contributed by atoms with Crippen LogP contribution in [-0.4, -0.2) is 7.05 Å². The van der Waals surface area contributed by atoms with E-state index >= 15 is 0 Å². The zero-order chi connectivity index (χ0) is 9.68. The lowest BCUT2D eigenvalue weighted by Gasteiger charge is -2.10. The summed E-state index contributed by atoms with van der Waals surface area (Å²) in [6, 6.07) is 2.18. The summed E-state index contributed by atoms with van der Waals surface area (Å²) < 4.78 is 5.38. The minimum atomic E-state index is 0.211. The molecule has 1 N–H and O–H groups in total. The number of rotatable bonds is 3. The largest absolute Gasteiger partial charge is 0.467 e. The highest BCUT2D eigenvalue weighted by Gasteiger charge is 2.13. The lowest BCUT2D eigenvalue weighted by molar-refractivity contribution is 0.433. The van der Waals surface area contributed by atoms with Crippen molar-refractivity contribution in [1.29, 1.82) is 0 Å². The van der Waals surface area contributed by atoms with Crippen molar-refractivity contribution in [2.75, 3.05) is 7.05 Å². The Kier molecular flexibility index (Phi) is 3.60. The van der Waals surface area contributed by atoms with Gasteiger partial charge in [0.05, 0.1) is 12.3 Å². The normalized spacial score (nSPS) is 11.9. The standard InChI is InChI=1S/C11H15NO/c1-4-5-6-10(12-3)11-9(2)7-8-13-11/h7-8,10,12H,6H2,1-3H3. The molecule has 0 fully saturated rings. The van der Waals surface area contributed by atoms with Gasteiger partial charge in [-0.15, -0.1) is 11.8 Å². The summed E-state index contributed by atoms with van der Waals surface area (Å²) in [7, 11) is 1.92. The fourth-order valence-electron chi connectivity index (χ4n) is 1.27. The smallest absolute Gasteiger partial charge is 0.124 e. The Balaban J connectivity index is 2.76. The van der Waals surface area contributed by atoms with Gasteiger partial charge in [0.1, 0.15) is 5.76 Å². The second-order valence-corrected chi connectivity index (χ2v) is 2.94. The number of furan rings is 1. The Labute approximate surface area is 79.3 Å². The molecule has 0 aromatic carbocycles. The van der Waals surface area contributed by atoms with Crippen LogP contribution in [0.1, 0.15) is 30.7 Å². The first-order valence-electron chi connectivity index (χ1n) is 4.40. The minimum absolute atomic E-state index is 0.211. The third-order valence-electron chi connectivity index (χ3n) is 2.05. The van der Waals surface area contributed by atoms with Crippen molar-refractivity contribution >= 4 is 0 Å². The average molecular weight is 177 g/mol. The number of aryl methyl sites for hydroxylation is 1. The molecule has 2 heteroatoms. The Morgan fingerprint density at radius 2 is 2.38 bits per heavy atom. The average Bonchev–Trinajstić information content (AvgIpc) is 2.54. The molecule has 0 radical (unpaired) electrons. The second-order valence-electron chi connectivity index (χ2n) is 2.94. The monoisotopic (exact) mass is 177 g/mol. The first-order chi connectivity index (χ1) is 6.29. The molecule has 0 saturated carbocycles. The molecular formula is C11H15NO. The van der Waals surface area contributed by atoms with E-state index < -0.39 is 0 Å². The van der Waals surface area contributed by atoms with E-state index in [0.29, 0.717) is 0 Å². The zero-order valence-corrected chi connectivity index (χ0v) is 8.35. The number of hydrogen-bond donors (Lipinski definition) is 1. The number of hydrogen-bond acceptors (Lipinski definition) is 2. The second kappa shape index (κ2) is 4.74. The molecule has 1 aromatic heterocycles. The summed E-state index contributed by atoms with van der Waals surface area (Å²) in [5.74, 6) is 6.92. The van der Waals surface area contributed by atoms with Gasteiger partial charge in [0.2, 0.25) is 0 Å². The molecule has 1 atom stereocenters. The van der Waals surface area contributed by atoms with Crippen LogP contribution < -0.4 is 5.32 Å². The van der Waals surface area contributed by atoms with Gasteiger partial charge in [-0.3, -0.25) is 0 Å². The topological polar surface area (TPSA) is 25.2 Å². The number of nitrogens with one attached hydrogen (secondary N) is 1. The molecule has 0 aliphatic rings. The molecular weight excluding hydrogens is 162 g/mol. The van der Waals surface area contributed by atoms with Crippen molar-refractivity contribution in [2.24, 2.45) is 0 Å². The summed E-state index contributed by atoms with van der Waals surface area (Å²) in [6.07, 6.45) is 2.51. The molecule has 1 unspecified atom stereocenters. The summed E-state index contributed by atoms with van der Waals surface area (Å²) >= 11 is 0. The minimum Gasteiger partial charge on any atom is -0.467 e. The van der Waals surface area contributed by atoms with Crippen molar-refractivity contribution in [2.45, 2.75) is 26.3 Å². The highest BCUT2D eigenvalue weighted by atomic mass is 16.3. The maximum atomic E-state index is 5.38. The van der Waals surface area contributed by atoms with Gasteiger partial charge < -0.3 is 9.73 Å². The van der Waals surface area contributed by atoms with Gasteiger partial charge in [-0.1, -0.05) is 0 Å². The van der Waals surface area contributed by atoms with Crippen LogP contribution in [0.2, 0.25) is 0 Å². The Bertz CT molecular complexity index is 316. The molecule has 70 valence electrons. The molecule has 0 bridgehead atoms. The SMILES string of the molecule is CC#CCC(NC)c1occc1C. The maximum Gasteiger partial charge on any atom is 0.124 e. The highest BCUT2D eigenvalue weighted by Crippen LogP contribution is 2.20. The summed E-state index contributed by atoms with van der Waals surface area (Å²) in [6.45, 7) is 3.89. The van der Waals surface area contributed by atoms with Crippen LogP contribution in [0.5, 0.6) is 0 Å². The third-order valence-corrected chi connectivity index (χ3v) is 2.05. The van der Waals surface area contributed by atoms with Crippen molar-refractivity contribution in [3.63, 3.8) is 0 Å². The van der Waals surface area contributed by atoms with E-state index in [1.165, 1.54) is 5.56 Å². The third kappa shape index (κ3) is 2.37. The van der Waals surface area contributed by atoms with E-state index in [2.05, 4.69) is 17.2 Å². The van der Waals surface area contributed by atoms with Crippen molar-refractivity contribution in [1.82, 2.24) is 5.32 Å². The first-order valence-corrected chi connectivity index (χ1v) is 4.40. The van der Waals surface area contributed by atoms with Gasteiger partial charge in [-0.2, -0.15) is 0 Å². The quantitative estimate of drug-likeness (QED) is 0.716. The van der Waals surface area contributed by atoms with Gasteiger partial charge in [0.15, 0.2) is 0 Å². The van der Waals surface area contributed by atoms with Crippen LogP contribution in [0.25, 0.3) is 0 Å². The Morgan fingerprint density at radius 1 is 1.62 bits per heavy atom. The lowest BCUT2D eigenvalue weighted by atomic mass is 10.1. The van der Waals surface area contributed by atoms with E-state index in [0.717, 1.165) is 12.2 Å². The molecule has 0 aliphatic carbocycles. The van der Waals surface area contributed by atoms with E-state index in [1.807, 2.05) is 27.0 Å². The van der Waals surface area contributed by atoms with Gasteiger partial charge in [0.25, 0.3) is 0 Å². The summed E-state index contributed by atoms with van der Waals surface area (Å²) in [5.41, 5.74) is 1.18. The fraction of sp³-hybridized carbons (Fsp3) is 0.455. The van der Waals surface area contributed by atoms with Crippen molar-refractivity contribution < 1.29 is 4.42 Å². The molecule has 13 heavy (non-hydrogen) atoms. The van der Waals surface area contributed by atoms with Crippen LogP contribution in [0.15, 0.2) is 16.7 Å². The fourth-order valence-corrected chi connectivity index (χ4v) is 1.27. The molecule has 0 saturated heterocycles. The molecule has 1 aromatic rings. The molecule has 0 aliphatic heterocycles. The van der Waals surface area contributed by atoms with E-state index in [9.17, 15) is 0 Å². The summed E-state index contributed by atoms with van der Waals surface area (Å²) in [5, 5.41) is 3.18. The van der Waals surface area contributed by atoms with Crippen LogP contribution in [0, 0.1) is 18.8 Å². The molecule has 2 nitrogen and oxygen atoms in total. The van der Waals surface area contributed by atoms with Gasteiger partial charge in [-0.25, -0.2) is 0 Å². The molecule has 1 heterocycles. The van der Waals surface area contributed by atoms with Crippen LogP contribution in [0.3, 0.4) is 0 Å². The van der Waals surface area contributed by atoms with E-state index in [-0.39, 0.29) is 6.04 Å². The zero-order valence-electron chi connectivity index (χ0n) is 8.35. The van der Waals surface area contributed by atoms with Crippen LogP contribution in [-0.2, 0) is 0 Å². The van der Waals surface area contributed by atoms with Gasteiger partial charge >= 0.3 is 0 Å². The molecule has 1 rings (SSSR count). The molecule has 0 spiro atoms. The molecule has 0 amide bonds. The van der Waals surface area contributed by atoms with Crippen LogP contribution >= 0.6 is 0 Å². The maximum absolute atomic E-state index is 5.38. The Hall–Kier alpha value is -1.20. The van der Waals surface area contributed by atoms with Crippen LogP contribution in [0.4, 0.5) is 0 Å². The van der Waals surface area contributed by atoms with E-state index in [1.54, 1.807) is 6.26 Å². The predicted octanol–water partition coefficient (Wildman–Crippen LogP) is 2.26. The van der Waals surface area contributed by atoms with Gasteiger partial charge in [0, 0.05) is 6.42 Å².